The highest BCUT2D eigenvalue weighted by molar-refractivity contribution is 6.31. The molecule has 0 atom stereocenters. The summed E-state index contributed by atoms with van der Waals surface area (Å²) in [5.41, 5.74) is 1.000. The van der Waals surface area contributed by atoms with E-state index < -0.39 is 0 Å². The Balaban J connectivity index is 0.00000208. The number of carbonyl (C=O) groups is 2. The summed E-state index contributed by atoms with van der Waals surface area (Å²) in [5, 5.41) is 6.48. The summed E-state index contributed by atoms with van der Waals surface area (Å²) >= 11 is 6.03. The van der Waals surface area contributed by atoms with Crippen LogP contribution in [-0.4, -0.2) is 42.9 Å². The summed E-state index contributed by atoms with van der Waals surface area (Å²) in [6.45, 7) is 2.67. The van der Waals surface area contributed by atoms with Crippen LogP contribution in [0.25, 0.3) is 0 Å². The summed E-state index contributed by atoms with van der Waals surface area (Å²) in [5.74, 6) is 0.528. The number of anilines is 1. The Hall–Kier alpha value is -1.30. The molecule has 5 nitrogen and oxygen atoms in total. The van der Waals surface area contributed by atoms with Gasteiger partial charge in [0.15, 0.2) is 0 Å². The average molecular weight is 372 g/mol. The highest BCUT2D eigenvalue weighted by Crippen LogP contribution is 2.27. The molecule has 1 saturated heterocycles. The molecule has 0 radical (unpaired) electrons. The first-order valence-corrected chi connectivity index (χ1v) is 8.60. The number of likely N-dealkylation sites (tertiary alicyclic amines) is 1. The van der Waals surface area contributed by atoms with Crippen molar-refractivity contribution in [3.8, 4) is 0 Å². The van der Waals surface area contributed by atoms with Gasteiger partial charge in [-0.15, -0.1) is 12.4 Å². The van der Waals surface area contributed by atoms with Crippen molar-refractivity contribution in [2.45, 2.75) is 25.7 Å². The molecule has 3 rings (SSSR count). The second-order valence-corrected chi connectivity index (χ2v) is 6.75. The monoisotopic (exact) mass is 371 g/mol. The van der Waals surface area contributed by atoms with E-state index in [2.05, 4.69) is 10.6 Å². The molecule has 1 aliphatic heterocycles. The molecular weight excluding hydrogens is 349 g/mol. The lowest BCUT2D eigenvalue weighted by atomic mass is 10.1. The molecule has 24 heavy (non-hydrogen) atoms. The topological polar surface area (TPSA) is 61.4 Å². The number of carbonyl (C=O) groups excluding carboxylic acids is 2. The number of nitrogens with zero attached hydrogens (tertiary/aromatic N) is 1. The van der Waals surface area contributed by atoms with Crippen molar-refractivity contribution in [1.29, 1.82) is 0 Å². The molecule has 132 valence electrons. The molecule has 0 bridgehead atoms. The molecule has 2 amide bonds. The van der Waals surface area contributed by atoms with E-state index in [1.807, 2.05) is 4.90 Å². The molecule has 1 aromatic rings. The van der Waals surface area contributed by atoms with Gasteiger partial charge in [0, 0.05) is 18.1 Å². The SMILES string of the molecule is Cl.O=C(CNCC1CC1)Nc1ccc(Cl)cc1C(=O)N1CCCC1. The third-order valence-corrected chi connectivity index (χ3v) is 4.53. The molecule has 7 heteroatoms. The van der Waals surface area contributed by atoms with Gasteiger partial charge in [0.1, 0.15) is 0 Å². The summed E-state index contributed by atoms with van der Waals surface area (Å²) in [6.07, 6.45) is 4.55. The fourth-order valence-corrected chi connectivity index (χ4v) is 2.97. The molecule has 1 saturated carbocycles. The van der Waals surface area contributed by atoms with Crippen LogP contribution < -0.4 is 10.6 Å². The van der Waals surface area contributed by atoms with E-state index in [9.17, 15) is 9.59 Å². The maximum absolute atomic E-state index is 12.6. The Morgan fingerprint density at radius 1 is 1.21 bits per heavy atom. The van der Waals surface area contributed by atoms with Gasteiger partial charge in [0.25, 0.3) is 5.91 Å². The second-order valence-electron chi connectivity index (χ2n) is 6.31. The zero-order valence-corrected chi connectivity index (χ0v) is 15.1. The van der Waals surface area contributed by atoms with E-state index in [0.29, 0.717) is 16.3 Å². The molecule has 2 N–H and O–H groups in total. The molecule has 2 aliphatic rings. The van der Waals surface area contributed by atoms with Gasteiger partial charge in [-0.2, -0.15) is 0 Å². The van der Waals surface area contributed by atoms with Crippen molar-refractivity contribution < 1.29 is 9.59 Å². The van der Waals surface area contributed by atoms with Crippen molar-refractivity contribution in [1.82, 2.24) is 10.2 Å². The standard InChI is InChI=1S/C17H22ClN3O2.ClH/c18-13-5-6-15(20-16(22)11-19-10-12-3-4-12)14(9-13)17(23)21-7-1-2-8-21;/h5-6,9,12,19H,1-4,7-8,10-11H2,(H,20,22);1H. The maximum atomic E-state index is 12.6. The average Bonchev–Trinajstić information content (AvgIpc) is 3.19. The van der Waals surface area contributed by atoms with Crippen LogP contribution in [0.1, 0.15) is 36.0 Å². The van der Waals surface area contributed by atoms with Gasteiger partial charge in [-0.25, -0.2) is 0 Å². The Labute approximate surface area is 153 Å². The van der Waals surface area contributed by atoms with E-state index in [4.69, 9.17) is 11.6 Å². The molecule has 1 aromatic carbocycles. The van der Waals surface area contributed by atoms with Crippen LogP contribution >= 0.6 is 24.0 Å². The van der Waals surface area contributed by atoms with Crippen LogP contribution in [0.2, 0.25) is 5.02 Å². The van der Waals surface area contributed by atoms with Crippen molar-refractivity contribution in [3.05, 3.63) is 28.8 Å². The summed E-state index contributed by atoms with van der Waals surface area (Å²) in [7, 11) is 0. The smallest absolute Gasteiger partial charge is 0.256 e. The summed E-state index contributed by atoms with van der Waals surface area (Å²) in [4.78, 5) is 26.5. The van der Waals surface area contributed by atoms with E-state index in [0.717, 1.165) is 38.4 Å². The van der Waals surface area contributed by atoms with Gasteiger partial charge >= 0.3 is 0 Å². The van der Waals surface area contributed by atoms with E-state index in [1.54, 1.807) is 18.2 Å². The largest absolute Gasteiger partial charge is 0.339 e. The number of nitrogens with one attached hydrogen (secondary N) is 2. The predicted molar refractivity (Wildman–Crippen MR) is 98.1 cm³/mol. The van der Waals surface area contributed by atoms with Crippen molar-refractivity contribution in [2.75, 3.05) is 31.5 Å². The van der Waals surface area contributed by atoms with Crippen molar-refractivity contribution >= 4 is 41.5 Å². The second kappa shape index (κ2) is 8.70. The van der Waals surface area contributed by atoms with Crippen LogP contribution in [0.3, 0.4) is 0 Å². The molecule has 1 heterocycles. The molecular formula is C17H23Cl2N3O2. The van der Waals surface area contributed by atoms with E-state index in [-0.39, 0.29) is 30.8 Å². The van der Waals surface area contributed by atoms with Gasteiger partial charge in [-0.05, 0) is 56.3 Å². The number of amides is 2. The van der Waals surface area contributed by atoms with Gasteiger partial charge in [-0.3, -0.25) is 9.59 Å². The van der Waals surface area contributed by atoms with Crippen molar-refractivity contribution in [3.63, 3.8) is 0 Å². The third kappa shape index (κ3) is 5.10. The first-order chi connectivity index (χ1) is 11.1. The number of hydrogen-bond donors (Lipinski definition) is 2. The first-order valence-electron chi connectivity index (χ1n) is 8.23. The van der Waals surface area contributed by atoms with Crippen LogP contribution in [-0.2, 0) is 4.79 Å². The Morgan fingerprint density at radius 3 is 2.58 bits per heavy atom. The predicted octanol–water partition coefficient (Wildman–Crippen LogP) is 2.94. The normalized spacial score (nSPS) is 16.6. The molecule has 0 aromatic heterocycles. The fraction of sp³-hybridized carbons (Fsp3) is 0.529. The number of rotatable bonds is 6. The zero-order valence-electron chi connectivity index (χ0n) is 13.5. The Morgan fingerprint density at radius 2 is 1.92 bits per heavy atom. The minimum Gasteiger partial charge on any atom is -0.339 e. The summed E-state index contributed by atoms with van der Waals surface area (Å²) in [6, 6.07) is 5.02. The van der Waals surface area contributed by atoms with Crippen LogP contribution in [0.15, 0.2) is 18.2 Å². The quantitative estimate of drug-likeness (QED) is 0.807. The zero-order chi connectivity index (χ0) is 16.2. The van der Waals surface area contributed by atoms with Gasteiger partial charge in [-0.1, -0.05) is 11.6 Å². The first kappa shape index (κ1) is 19.0. The fourth-order valence-electron chi connectivity index (χ4n) is 2.80. The molecule has 2 fully saturated rings. The van der Waals surface area contributed by atoms with Crippen LogP contribution in [0.5, 0.6) is 0 Å². The highest BCUT2D eigenvalue weighted by atomic mass is 35.5. The van der Waals surface area contributed by atoms with E-state index >= 15 is 0 Å². The van der Waals surface area contributed by atoms with Crippen LogP contribution in [0, 0.1) is 5.92 Å². The summed E-state index contributed by atoms with van der Waals surface area (Å²) < 4.78 is 0. The maximum Gasteiger partial charge on any atom is 0.256 e. The highest BCUT2D eigenvalue weighted by Gasteiger charge is 2.23. The Kier molecular flexibility index (Phi) is 6.90. The minimum atomic E-state index is -0.136. The third-order valence-electron chi connectivity index (χ3n) is 4.29. The molecule has 0 unspecified atom stereocenters. The lowest BCUT2D eigenvalue weighted by Gasteiger charge is -2.18. The van der Waals surface area contributed by atoms with E-state index in [1.165, 1.54) is 12.8 Å². The number of benzene rings is 1. The lowest BCUT2D eigenvalue weighted by molar-refractivity contribution is -0.115. The Bertz CT molecular complexity index is 599. The van der Waals surface area contributed by atoms with Gasteiger partial charge in [0.2, 0.25) is 5.91 Å². The van der Waals surface area contributed by atoms with Crippen LogP contribution in [0.4, 0.5) is 5.69 Å². The van der Waals surface area contributed by atoms with Gasteiger partial charge < -0.3 is 15.5 Å². The van der Waals surface area contributed by atoms with Crippen molar-refractivity contribution in [2.24, 2.45) is 5.92 Å². The van der Waals surface area contributed by atoms with Gasteiger partial charge in [0.05, 0.1) is 17.8 Å². The number of halogens is 2. The number of hydrogen-bond acceptors (Lipinski definition) is 3. The molecule has 0 spiro atoms. The minimum absolute atomic E-state index is 0. The lowest BCUT2D eigenvalue weighted by Crippen LogP contribution is -2.31. The molecule has 1 aliphatic carbocycles.